The van der Waals surface area contributed by atoms with E-state index >= 15 is 0 Å². The first-order valence-corrected chi connectivity index (χ1v) is 6.94. The third kappa shape index (κ3) is 10.2. The summed E-state index contributed by atoms with van der Waals surface area (Å²) in [6.45, 7) is 10.4. The van der Waals surface area contributed by atoms with Gasteiger partial charge in [0.25, 0.3) is 0 Å². The first kappa shape index (κ1) is 15.0. The van der Waals surface area contributed by atoms with Crippen LogP contribution in [0.4, 0.5) is 0 Å². The van der Waals surface area contributed by atoms with E-state index in [1.165, 1.54) is 51.5 Å². The van der Waals surface area contributed by atoms with E-state index in [4.69, 9.17) is 0 Å². The van der Waals surface area contributed by atoms with Crippen molar-refractivity contribution in [2.24, 2.45) is 5.92 Å². The molecule has 0 fully saturated rings. The van der Waals surface area contributed by atoms with E-state index in [1.807, 2.05) is 0 Å². The van der Waals surface area contributed by atoms with Gasteiger partial charge in [0.15, 0.2) is 0 Å². The van der Waals surface area contributed by atoms with Crippen molar-refractivity contribution >= 4 is 0 Å². The summed E-state index contributed by atoms with van der Waals surface area (Å²) >= 11 is 0. The Labute approximate surface area is 97.0 Å². The van der Waals surface area contributed by atoms with Gasteiger partial charge in [0.2, 0.25) is 0 Å². The molecule has 1 atom stereocenters. The smallest absolute Gasteiger partial charge is 0.00669 e. The molecule has 0 heterocycles. The Balaban J connectivity index is 3.47. The quantitative estimate of drug-likeness (QED) is 0.531. The molecule has 0 saturated carbocycles. The lowest BCUT2D eigenvalue weighted by molar-refractivity contribution is 0.419. The van der Waals surface area contributed by atoms with Gasteiger partial charge in [-0.05, 0) is 38.1 Å². The lowest BCUT2D eigenvalue weighted by Crippen LogP contribution is -2.29. The molecule has 0 aromatic rings. The molecule has 0 spiro atoms. The maximum absolute atomic E-state index is 3.71. The van der Waals surface area contributed by atoms with Crippen LogP contribution in [0.1, 0.15) is 72.6 Å². The van der Waals surface area contributed by atoms with Crippen molar-refractivity contribution in [3.8, 4) is 0 Å². The summed E-state index contributed by atoms with van der Waals surface area (Å²) < 4.78 is 0. The van der Waals surface area contributed by atoms with E-state index in [1.54, 1.807) is 0 Å². The molecule has 0 aliphatic carbocycles. The van der Waals surface area contributed by atoms with Crippen LogP contribution >= 0.6 is 0 Å². The van der Waals surface area contributed by atoms with Gasteiger partial charge in [0.05, 0.1) is 0 Å². The largest absolute Gasteiger partial charge is 0.314 e. The minimum atomic E-state index is 0.780. The molecule has 0 aliphatic heterocycles. The van der Waals surface area contributed by atoms with Gasteiger partial charge in [0, 0.05) is 6.04 Å². The maximum atomic E-state index is 3.71. The van der Waals surface area contributed by atoms with E-state index in [0.717, 1.165) is 12.0 Å². The molecule has 1 N–H and O–H groups in total. The number of hydrogen-bond donors (Lipinski definition) is 1. The summed E-state index contributed by atoms with van der Waals surface area (Å²) in [4.78, 5) is 0. The standard InChI is InChI=1S/C14H31N/c1-5-7-11-14(9-6-2)15-12-8-10-13(3)4/h13-15H,5-12H2,1-4H3. The molecule has 92 valence electrons. The normalized spacial score (nSPS) is 13.4. The van der Waals surface area contributed by atoms with Gasteiger partial charge in [0.1, 0.15) is 0 Å². The van der Waals surface area contributed by atoms with Gasteiger partial charge in [-0.2, -0.15) is 0 Å². The predicted molar refractivity (Wildman–Crippen MR) is 70.3 cm³/mol. The van der Waals surface area contributed by atoms with Gasteiger partial charge in [-0.15, -0.1) is 0 Å². The molecule has 0 bridgehead atoms. The Morgan fingerprint density at radius 1 is 0.867 bits per heavy atom. The van der Waals surface area contributed by atoms with Crippen molar-refractivity contribution in [3.05, 3.63) is 0 Å². The van der Waals surface area contributed by atoms with Crippen LogP contribution in [0.5, 0.6) is 0 Å². The van der Waals surface area contributed by atoms with Gasteiger partial charge < -0.3 is 5.32 Å². The second-order valence-corrected chi connectivity index (χ2v) is 5.12. The molecule has 1 unspecified atom stereocenters. The Morgan fingerprint density at radius 2 is 1.60 bits per heavy atom. The third-order valence-electron chi connectivity index (χ3n) is 2.93. The zero-order chi connectivity index (χ0) is 11.5. The van der Waals surface area contributed by atoms with E-state index in [-0.39, 0.29) is 0 Å². The summed E-state index contributed by atoms with van der Waals surface area (Å²) in [5, 5.41) is 3.71. The fourth-order valence-corrected chi connectivity index (χ4v) is 1.96. The minimum Gasteiger partial charge on any atom is -0.314 e. The first-order chi connectivity index (χ1) is 7.20. The van der Waals surface area contributed by atoms with Crippen molar-refractivity contribution in [1.82, 2.24) is 5.32 Å². The van der Waals surface area contributed by atoms with E-state index in [2.05, 4.69) is 33.0 Å². The summed E-state index contributed by atoms with van der Waals surface area (Å²) in [6.07, 6.45) is 9.43. The lowest BCUT2D eigenvalue weighted by Gasteiger charge is -2.18. The van der Waals surface area contributed by atoms with Gasteiger partial charge >= 0.3 is 0 Å². The summed E-state index contributed by atoms with van der Waals surface area (Å²) in [5.74, 6) is 0.854. The molecule has 0 aromatic carbocycles. The lowest BCUT2D eigenvalue weighted by atomic mass is 10.0. The zero-order valence-corrected chi connectivity index (χ0v) is 11.3. The SMILES string of the molecule is CCCCC(CCC)NCCCC(C)C. The molecule has 0 aromatic heterocycles. The Kier molecular flexibility index (Phi) is 10.4. The summed E-state index contributed by atoms with van der Waals surface area (Å²) in [7, 11) is 0. The van der Waals surface area contributed by atoms with Crippen LogP contribution in [0, 0.1) is 5.92 Å². The Morgan fingerprint density at radius 3 is 2.13 bits per heavy atom. The summed E-state index contributed by atoms with van der Waals surface area (Å²) in [5.41, 5.74) is 0. The second-order valence-electron chi connectivity index (χ2n) is 5.12. The first-order valence-electron chi connectivity index (χ1n) is 6.94. The van der Waals surface area contributed by atoms with Crippen molar-refractivity contribution < 1.29 is 0 Å². The van der Waals surface area contributed by atoms with E-state index < -0.39 is 0 Å². The molecule has 1 nitrogen and oxygen atoms in total. The fraction of sp³-hybridized carbons (Fsp3) is 1.00. The number of hydrogen-bond acceptors (Lipinski definition) is 1. The fourth-order valence-electron chi connectivity index (χ4n) is 1.96. The van der Waals surface area contributed by atoms with Crippen molar-refractivity contribution in [2.45, 2.75) is 78.7 Å². The average Bonchev–Trinajstić information content (AvgIpc) is 2.20. The van der Waals surface area contributed by atoms with Crippen LogP contribution in [-0.2, 0) is 0 Å². The van der Waals surface area contributed by atoms with Gasteiger partial charge in [-0.1, -0.05) is 47.0 Å². The topological polar surface area (TPSA) is 12.0 Å². The second kappa shape index (κ2) is 10.5. The van der Waals surface area contributed by atoms with Crippen LogP contribution in [0.25, 0.3) is 0 Å². The molecule has 0 rings (SSSR count). The predicted octanol–water partition coefficient (Wildman–Crippen LogP) is 4.37. The molecular formula is C14H31N. The monoisotopic (exact) mass is 213 g/mol. The Hall–Kier alpha value is -0.0400. The van der Waals surface area contributed by atoms with Gasteiger partial charge in [-0.3, -0.25) is 0 Å². The molecule has 0 saturated heterocycles. The third-order valence-corrected chi connectivity index (χ3v) is 2.93. The van der Waals surface area contributed by atoms with Crippen molar-refractivity contribution in [2.75, 3.05) is 6.54 Å². The van der Waals surface area contributed by atoms with Crippen LogP contribution in [-0.4, -0.2) is 12.6 Å². The summed E-state index contributed by atoms with van der Waals surface area (Å²) in [6, 6.07) is 0.780. The highest BCUT2D eigenvalue weighted by molar-refractivity contribution is 4.66. The zero-order valence-electron chi connectivity index (χ0n) is 11.3. The van der Waals surface area contributed by atoms with E-state index in [0.29, 0.717) is 0 Å². The molecular weight excluding hydrogens is 182 g/mol. The molecule has 15 heavy (non-hydrogen) atoms. The molecule has 0 aliphatic rings. The molecule has 0 amide bonds. The van der Waals surface area contributed by atoms with Crippen LogP contribution in [0.3, 0.4) is 0 Å². The highest BCUT2D eigenvalue weighted by atomic mass is 14.9. The maximum Gasteiger partial charge on any atom is 0.00669 e. The van der Waals surface area contributed by atoms with Crippen LogP contribution in [0.15, 0.2) is 0 Å². The van der Waals surface area contributed by atoms with E-state index in [9.17, 15) is 0 Å². The van der Waals surface area contributed by atoms with Gasteiger partial charge in [-0.25, -0.2) is 0 Å². The highest BCUT2D eigenvalue weighted by Gasteiger charge is 2.05. The number of nitrogens with one attached hydrogen (secondary N) is 1. The number of rotatable bonds is 10. The van der Waals surface area contributed by atoms with Crippen LogP contribution in [0.2, 0.25) is 0 Å². The van der Waals surface area contributed by atoms with Crippen molar-refractivity contribution in [3.63, 3.8) is 0 Å². The average molecular weight is 213 g/mol. The minimum absolute atomic E-state index is 0.780. The number of unbranched alkanes of at least 4 members (excludes halogenated alkanes) is 1. The van der Waals surface area contributed by atoms with Crippen molar-refractivity contribution in [1.29, 1.82) is 0 Å². The highest BCUT2D eigenvalue weighted by Crippen LogP contribution is 2.08. The molecule has 1 heteroatoms. The Bertz CT molecular complexity index is 121. The van der Waals surface area contributed by atoms with Crippen LogP contribution < -0.4 is 5.32 Å². The molecule has 0 radical (unpaired) electrons.